The van der Waals surface area contributed by atoms with E-state index in [1.807, 2.05) is 24.4 Å². The van der Waals surface area contributed by atoms with Gasteiger partial charge in [0.05, 0.1) is 10.6 Å². The Morgan fingerprint density at radius 1 is 1.57 bits per heavy atom. The Kier molecular flexibility index (Phi) is 2.45. The molecular formula is C10H10N2OS. The highest BCUT2D eigenvalue weighted by molar-refractivity contribution is 7.13. The van der Waals surface area contributed by atoms with E-state index in [0.717, 1.165) is 22.8 Å². The maximum Gasteiger partial charge on any atom is 0.251 e. The predicted octanol–water partition coefficient (Wildman–Crippen LogP) is 2.06. The standard InChI is InChI=1S/C10H10N2OS/c1-2-9-11-7(6-10(13)12-9)8-4-3-5-14-8/h3-6H,2H2,1H3,(H,11,12,13). The molecule has 0 aliphatic rings. The van der Waals surface area contributed by atoms with Crippen LogP contribution in [0.3, 0.4) is 0 Å². The summed E-state index contributed by atoms with van der Waals surface area (Å²) in [6.45, 7) is 1.97. The molecule has 0 atom stereocenters. The monoisotopic (exact) mass is 206 g/mol. The van der Waals surface area contributed by atoms with Gasteiger partial charge in [-0.25, -0.2) is 4.98 Å². The molecule has 0 fully saturated rings. The smallest absolute Gasteiger partial charge is 0.251 e. The first-order valence-electron chi connectivity index (χ1n) is 4.43. The van der Waals surface area contributed by atoms with Gasteiger partial charge in [0.25, 0.3) is 5.56 Å². The first-order valence-corrected chi connectivity index (χ1v) is 5.31. The molecule has 1 N–H and O–H groups in total. The van der Waals surface area contributed by atoms with Gasteiger partial charge in [-0.05, 0) is 11.4 Å². The lowest BCUT2D eigenvalue weighted by Crippen LogP contribution is -2.10. The largest absolute Gasteiger partial charge is 0.311 e. The second-order valence-corrected chi connectivity index (χ2v) is 3.86. The molecule has 0 aromatic carbocycles. The molecule has 0 unspecified atom stereocenters. The minimum absolute atomic E-state index is 0.0831. The van der Waals surface area contributed by atoms with Crippen molar-refractivity contribution in [3.05, 3.63) is 39.8 Å². The van der Waals surface area contributed by atoms with Crippen molar-refractivity contribution >= 4 is 11.3 Å². The highest BCUT2D eigenvalue weighted by Crippen LogP contribution is 2.20. The van der Waals surface area contributed by atoms with E-state index >= 15 is 0 Å². The zero-order valence-electron chi connectivity index (χ0n) is 7.78. The lowest BCUT2D eigenvalue weighted by Gasteiger charge is -1.99. The van der Waals surface area contributed by atoms with Crippen LogP contribution in [0.25, 0.3) is 10.6 Å². The normalized spacial score (nSPS) is 10.4. The van der Waals surface area contributed by atoms with E-state index in [9.17, 15) is 4.79 Å². The third-order valence-electron chi connectivity index (χ3n) is 1.90. The molecule has 0 amide bonds. The van der Waals surface area contributed by atoms with Crippen molar-refractivity contribution in [2.45, 2.75) is 13.3 Å². The molecule has 0 saturated heterocycles. The zero-order valence-corrected chi connectivity index (χ0v) is 8.60. The zero-order chi connectivity index (χ0) is 9.97. The summed E-state index contributed by atoms with van der Waals surface area (Å²) >= 11 is 1.59. The van der Waals surface area contributed by atoms with E-state index in [0.29, 0.717) is 0 Å². The van der Waals surface area contributed by atoms with E-state index in [-0.39, 0.29) is 5.56 Å². The molecule has 0 aliphatic carbocycles. The van der Waals surface area contributed by atoms with Crippen LogP contribution < -0.4 is 5.56 Å². The van der Waals surface area contributed by atoms with Crippen molar-refractivity contribution in [3.63, 3.8) is 0 Å². The second-order valence-electron chi connectivity index (χ2n) is 2.91. The molecule has 0 spiro atoms. The SMILES string of the molecule is CCc1nc(-c2cccs2)cc(=O)[nH]1. The van der Waals surface area contributed by atoms with E-state index in [4.69, 9.17) is 0 Å². The van der Waals surface area contributed by atoms with Gasteiger partial charge in [0.1, 0.15) is 5.82 Å². The van der Waals surface area contributed by atoms with Crippen LogP contribution in [0.4, 0.5) is 0 Å². The van der Waals surface area contributed by atoms with Crippen LogP contribution in [0.2, 0.25) is 0 Å². The molecule has 0 radical (unpaired) electrons. The minimum Gasteiger partial charge on any atom is -0.311 e. The van der Waals surface area contributed by atoms with E-state index in [1.54, 1.807) is 11.3 Å². The Hall–Kier alpha value is -1.42. The Morgan fingerprint density at radius 3 is 3.07 bits per heavy atom. The van der Waals surface area contributed by atoms with Gasteiger partial charge in [0.2, 0.25) is 0 Å². The number of aromatic amines is 1. The van der Waals surface area contributed by atoms with Gasteiger partial charge in [-0.1, -0.05) is 13.0 Å². The molecule has 2 aromatic heterocycles. The Labute approximate surface area is 85.5 Å². The number of H-pyrrole nitrogens is 1. The summed E-state index contributed by atoms with van der Waals surface area (Å²) in [5.74, 6) is 0.737. The Morgan fingerprint density at radius 2 is 2.43 bits per heavy atom. The molecule has 14 heavy (non-hydrogen) atoms. The van der Waals surface area contributed by atoms with Gasteiger partial charge in [-0.3, -0.25) is 4.79 Å². The molecule has 0 saturated carbocycles. The summed E-state index contributed by atoms with van der Waals surface area (Å²) in [7, 11) is 0. The Balaban J connectivity index is 2.54. The first kappa shape index (κ1) is 9.15. The van der Waals surface area contributed by atoms with Crippen LogP contribution in [0, 0.1) is 0 Å². The second kappa shape index (κ2) is 3.75. The highest BCUT2D eigenvalue weighted by atomic mass is 32.1. The molecule has 0 bridgehead atoms. The third-order valence-corrected chi connectivity index (χ3v) is 2.79. The van der Waals surface area contributed by atoms with Crippen molar-refractivity contribution in [1.82, 2.24) is 9.97 Å². The summed E-state index contributed by atoms with van der Waals surface area (Å²) in [6, 6.07) is 5.45. The van der Waals surface area contributed by atoms with Crippen LogP contribution in [-0.2, 0) is 6.42 Å². The maximum atomic E-state index is 11.3. The quantitative estimate of drug-likeness (QED) is 0.817. The number of hydrogen-bond donors (Lipinski definition) is 1. The summed E-state index contributed by atoms with van der Waals surface area (Å²) in [5, 5.41) is 1.98. The van der Waals surface area contributed by atoms with Crippen molar-refractivity contribution in [1.29, 1.82) is 0 Å². The number of nitrogens with zero attached hydrogens (tertiary/aromatic N) is 1. The Bertz CT molecular complexity index is 473. The number of rotatable bonds is 2. The number of nitrogens with one attached hydrogen (secondary N) is 1. The molecule has 3 nitrogen and oxygen atoms in total. The highest BCUT2D eigenvalue weighted by Gasteiger charge is 2.02. The molecule has 2 heterocycles. The average molecular weight is 206 g/mol. The van der Waals surface area contributed by atoms with Crippen LogP contribution in [0.1, 0.15) is 12.7 Å². The lowest BCUT2D eigenvalue weighted by atomic mass is 10.3. The van der Waals surface area contributed by atoms with Gasteiger partial charge in [0, 0.05) is 12.5 Å². The molecule has 0 aliphatic heterocycles. The van der Waals surface area contributed by atoms with Crippen molar-refractivity contribution < 1.29 is 0 Å². The van der Waals surface area contributed by atoms with Gasteiger partial charge in [0.15, 0.2) is 0 Å². The van der Waals surface area contributed by atoms with Crippen LogP contribution in [-0.4, -0.2) is 9.97 Å². The summed E-state index contributed by atoms with van der Waals surface area (Å²) in [4.78, 5) is 19.4. The van der Waals surface area contributed by atoms with E-state index < -0.39 is 0 Å². The topological polar surface area (TPSA) is 45.8 Å². The molecule has 4 heteroatoms. The van der Waals surface area contributed by atoms with Crippen molar-refractivity contribution in [2.75, 3.05) is 0 Å². The maximum absolute atomic E-state index is 11.3. The predicted molar refractivity (Wildman–Crippen MR) is 57.5 cm³/mol. The van der Waals surface area contributed by atoms with Crippen LogP contribution in [0.15, 0.2) is 28.4 Å². The number of aromatic nitrogens is 2. The summed E-state index contributed by atoms with van der Waals surface area (Å²) in [6.07, 6.45) is 0.744. The first-order chi connectivity index (χ1) is 6.79. The van der Waals surface area contributed by atoms with E-state index in [1.165, 1.54) is 6.07 Å². The molecule has 2 aromatic rings. The number of thiophene rings is 1. The van der Waals surface area contributed by atoms with Crippen LogP contribution in [0.5, 0.6) is 0 Å². The number of hydrogen-bond acceptors (Lipinski definition) is 3. The van der Waals surface area contributed by atoms with Gasteiger partial charge < -0.3 is 4.98 Å². The van der Waals surface area contributed by atoms with Gasteiger partial charge >= 0.3 is 0 Å². The fourth-order valence-electron chi connectivity index (χ4n) is 1.23. The summed E-state index contributed by atoms with van der Waals surface area (Å²) in [5.41, 5.74) is 0.681. The van der Waals surface area contributed by atoms with Crippen molar-refractivity contribution in [3.8, 4) is 10.6 Å². The molecular weight excluding hydrogens is 196 g/mol. The number of aryl methyl sites for hydroxylation is 1. The molecule has 2 rings (SSSR count). The van der Waals surface area contributed by atoms with Crippen LogP contribution >= 0.6 is 11.3 Å². The lowest BCUT2D eigenvalue weighted by molar-refractivity contribution is 0.925. The molecule has 72 valence electrons. The fraction of sp³-hybridized carbons (Fsp3) is 0.200. The third kappa shape index (κ3) is 1.75. The average Bonchev–Trinajstić information content (AvgIpc) is 2.69. The van der Waals surface area contributed by atoms with Gasteiger partial charge in [-0.2, -0.15) is 0 Å². The van der Waals surface area contributed by atoms with E-state index in [2.05, 4.69) is 9.97 Å². The van der Waals surface area contributed by atoms with Gasteiger partial charge in [-0.15, -0.1) is 11.3 Å². The summed E-state index contributed by atoms with van der Waals surface area (Å²) < 4.78 is 0. The van der Waals surface area contributed by atoms with Crippen molar-refractivity contribution in [2.24, 2.45) is 0 Å². The fourth-order valence-corrected chi connectivity index (χ4v) is 1.91. The minimum atomic E-state index is -0.0831.